The number of ether oxygens (including phenoxy) is 2. The average molecular weight is 407 g/mol. The fraction of sp³-hybridized carbons (Fsp3) is 0.350. The van der Waals surface area contributed by atoms with Crippen LogP contribution in [0.1, 0.15) is 5.56 Å². The predicted molar refractivity (Wildman–Crippen MR) is 101 cm³/mol. The van der Waals surface area contributed by atoms with E-state index in [4.69, 9.17) is 14.8 Å². The molecule has 2 aromatic rings. The highest BCUT2D eigenvalue weighted by atomic mass is 19.4. The van der Waals surface area contributed by atoms with E-state index in [0.29, 0.717) is 48.2 Å². The Morgan fingerprint density at radius 1 is 1.03 bits per heavy atom. The number of halogens is 3. The minimum atomic E-state index is -4.78. The summed E-state index contributed by atoms with van der Waals surface area (Å²) in [6.45, 7) is 3.37. The highest BCUT2D eigenvalue weighted by Gasteiger charge is 2.32. The lowest BCUT2D eigenvalue weighted by atomic mass is 10.1. The number of hydrogen-bond acceptors (Lipinski definition) is 6. The zero-order chi connectivity index (χ0) is 20.4. The van der Waals surface area contributed by atoms with Crippen LogP contribution in [0.3, 0.4) is 0 Å². The third kappa shape index (κ3) is 4.46. The van der Waals surface area contributed by atoms with Crippen molar-refractivity contribution in [3.63, 3.8) is 0 Å². The SMILES string of the molecule is OCCN1CCN(C2=Nc3ccccc3Oc3ccc(OC(F)(F)F)cc32)CC1. The minimum absolute atomic E-state index is 0.0864. The number of piperazine rings is 1. The molecular formula is C20H20F3N3O3. The number of aliphatic hydroxyl groups excluding tert-OH is 1. The van der Waals surface area contributed by atoms with Crippen molar-refractivity contribution in [3.05, 3.63) is 48.0 Å². The first-order chi connectivity index (χ1) is 13.9. The van der Waals surface area contributed by atoms with Gasteiger partial charge in [0.15, 0.2) is 5.75 Å². The Bertz CT molecular complexity index is 909. The predicted octanol–water partition coefficient (Wildman–Crippen LogP) is 3.38. The summed E-state index contributed by atoms with van der Waals surface area (Å²) in [5.41, 5.74) is 1.05. The number of nitrogens with zero attached hydrogens (tertiary/aromatic N) is 3. The van der Waals surface area contributed by atoms with Crippen LogP contribution >= 0.6 is 0 Å². The van der Waals surface area contributed by atoms with Crippen LogP contribution in [0.15, 0.2) is 47.5 Å². The van der Waals surface area contributed by atoms with Crippen LogP contribution in [0, 0.1) is 0 Å². The Kier molecular flexibility index (Phi) is 5.33. The lowest BCUT2D eigenvalue weighted by molar-refractivity contribution is -0.274. The summed E-state index contributed by atoms with van der Waals surface area (Å²) >= 11 is 0. The summed E-state index contributed by atoms with van der Waals surface area (Å²) in [5, 5.41) is 9.13. The molecule has 1 fully saturated rings. The van der Waals surface area contributed by atoms with Crippen molar-refractivity contribution < 1.29 is 27.8 Å². The molecule has 29 heavy (non-hydrogen) atoms. The van der Waals surface area contributed by atoms with Crippen molar-refractivity contribution >= 4 is 11.5 Å². The summed E-state index contributed by atoms with van der Waals surface area (Å²) in [5.74, 6) is 1.17. The Hall–Kier alpha value is -2.78. The van der Waals surface area contributed by atoms with E-state index >= 15 is 0 Å². The molecule has 0 spiro atoms. The first-order valence-electron chi connectivity index (χ1n) is 9.27. The van der Waals surface area contributed by atoms with Crippen molar-refractivity contribution in [1.82, 2.24) is 9.80 Å². The second-order valence-electron chi connectivity index (χ2n) is 6.76. The number of hydrogen-bond donors (Lipinski definition) is 1. The van der Waals surface area contributed by atoms with Crippen LogP contribution in [-0.4, -0.2) is 66.4 Å². The van der Waals surface area contributed by atoms with Gasteiger partial charge in [0.25, 0.3) is 0 Å². The number of rotatable bonds is 3. The van der Waals surface area contributed by atoms with Crippen molar-refractivity contribution in [2.24, 2.45) is 4.99 Å². The minimum Gasteiger partial charge on any atom is -0.454 e. The molecule has 2 aliphatic heterocycles. The van der Waals surface area contributed by atoms with Crippen molar-refractivity contribution in [3.8, 4) is 17.2 Å². The second kappa shape index (κ2) is 7.92. The van der Waals surface area contributed by atoms with Crippen molar-refractivity contribution in [2.75, 3.05) is 39.3 Å². The molecule has 9 heteroatoms. The van der Waals surface area contributed by atoms with E-state index in [-0.39, 0.29) is 12.4 Å². The van der Waals surface area contributed by atoms with Crippen LogP contribution in [0.5, 0.6) is 17.2 Å². The molecule has 2 aromatic carbocycles. The van der Waals surface area contributed by atoms with Crippen LogP contribution in [-0.2, 0) is 0 Å². The van der Waals surface area contributed by atoms with Gasteiger partial charge in [-0.25, -0.2) is 4.99 Å². The molecule has 0 amide bonds. The molecule has 0 aliphatic carbocycles. The van der Waals surface area contributed by atoms with E-state index < -0.39 is 6.36 Å². The van der Waals surface area contributed by atoms with Gasteiger partial charge in [-0.2, -0.15) is 0 Å². The van der Waals surface area contributed by atoms with Gasteiger partial charge in [-0.15, -0.1) is 13.2 Å². The number of benzene rings is 2. The molecule has 2 aliphatic rings. The van der Waals surface area contributed by atoms with Crippen LogP contribution in [0.2, 0.25) is 0 Å². The van der Waals surface area contributed by atoms with E-state index in [2.05, 4.69) is 9.64 Å². The Morgan fingerprint density at radius 3 is 2.52 bits per heavy atom. The first kappa shape index (κ1) is 19.5. The maximum absolute atomic E-state index is 12.7. The van der Waals surface area contributed by atoms with Gasteiger partial charge in [0, 0.05) is 32.7 Å². The van der Waals surface area contributed by atoms with Crippen LogP contribution in [0.25, 0.3) is 0 Å². The zero-order valence-electron chi connectivity index (χ0n) is 15.5. The topological polar surface area (TPSA) is 57.5 Å². The average Bonchev–Trinajstić information content (AvgIpc) is 2.84. The molecule has 1 saturated heterocycles. The largest absolute Gasteiger partial charge is 0.573 e. The van der Waals surface area contributed by atoms with Gasteiger partial charge >= 0.3 is 6.36 Å². The molecule has 154 valence electrons. The van der Waals surface area contributed by atoms with Gasteiger partial charge in [-0.1, -0.05) is 12.1 Å². The molecule has 0 bridgehead atoms. The molecule has 0 aromatic heterocycles. The Morgan fingerprint density at radius 2 is 1.79 bits per heavy atom. The van der Waals surface area contributed by atoms with Crippen molar-refractivity contribution in [2.45, 2.75) is 6.36 Å². The van der Waals surface area contributed by atoms with E-state index in [1.807, 2.05) is 17.0 Å². The van der Waals surface area contributed by atoms with Gasteiger partial charge < -0.3 is 19.5 Å². The zero-order valence-corrected chi connectivity index (χ0v) is 15.5. The fourth-order valence-electron chi connectivity index (χ4n) is 3.46. The number of para-hydroxylation sites is 2. The molecule has 0 unspecified atom stereocenters. The van der Waals surface area contributed by atoms with E-state index in [0.717, 1.165) is 13.1 Å². The number of aliphatic imine (C=N–C) groups is 1. The monoisotopic (exact) mass is 407 g/mol. The van der Waals surface area contributed by atoms with E-state index in [1.165, 1.54) is 18.2 Å². The van der Waals surface area contributed by atoms with E-state index in [1.54, 1.807) is 12.1 Å². The van der Waals surface area contributed by atoms with E-state index in [9.17, 15) is 13.2 Å². The third-order valence-electron chi connectivity index (χ3n) is 4.83. The molecule has 2 heterocycles. The summed E-state index contributed by atoms with van der Waals surface area (Å²) < 4.78 is 48.2. The molecule has 4 rings (SSSR count). The maximum atomic E-state index is 12.7. The van der Waals surface area contributed by atoms with Crippen LogP contribution < -0.4 is 9.47 Å². The van der Waals surface area contributed by atoms with Crippen molar-refractivity contribution in [1.29, 1.82) is 0 Å². The highest BCUT2D eigenvalue weighted by Crippen LogP contribution is 2.40. The summed E-state index contributed by atoms with van der Waals surface area (Å²) in [6, 6.07) is 11.2. The van der Waals surface area contributed by atoms with Crippen LogP contribution in [0.4, 0.5) is 18.9 Å². The quantitative estimate of drug-likeness (QED) is 0.846. The lowest BCUT2D eigenvalue weighted by Crippen LogP contribution is -2.49. The van der Waals surface area contributed by atoms with Gasteiger partial charge in [-0.3, -0.25) is 4.90 Å². The highest BCUT2D eigenvalue weighted by molar-refractivity contribution is 6.04. The molecule has 0 atom stereocenters. The van der Waals surface area contributed by atoms with Gasteiger partial charge in [0.1, 0.15) is 23.0 Å². The number of amidine groups is 1. The van der Waals surface area contributed by atoms with Gasteiger partial charge in [0.2, 0.25) is 0 Å². The molecule has 0 radical (unpaired) electrons. The smallest absolute Gasteiger partial charge is 0.454 e. The third-order valence-corrected chi connectivity index (χ3v) is 4.83. The number of fused-ring (bicyclic) bond motifs is 2. The summed E-state index contributed by atoms with van der Waals surface area (Å²) in [4.78, 5) is 8.88. The van der Waals surface area contributed by atoms with Gasteiger partial charge in [0.05, 0.1) is 12.2 Å². The molecular weight excluding hydrogens is 387 g/mol. The molecule has 0 saturated carbocycles. The Labute approximate surface area is 165 Å². The Balaban J connectivity index is 1.72. The normalized spacial score (nSPS) is 17.0. The standard InChI is InChI=1S/C20H20F3N3O3/c21-20(22,23)29-14-5-6-17-15(13-14)19(24-16-3-1-2-4-18(16)28-17)26-9-7-25(8-10-26)11-12-27/h1-6,13,27H,7-12H2. The lowest BCUT2D eigenvalue weighted by Gasteiger charge is -2.36. The fourth-order valence-corrected chi connectivity index (χ4v) is 3.46. The summed E-state index contributed by atoms with van der Waals surface area (Å²) in [7, 11) is 0. The maximum Gasteiger partial charge on any atom is 0.573 e. The number of β-amino-alcohol motifs (C(OH)–C–C–N with tert-alkyl or cyclic N) is 1. The number of alkyl halides is 3. The number of aliphatic hydroxyl groups is 1. The molecule has 1 N–H and O–H groups in total. The van der Waals surface area contributed by atoms with Gasteiger partial charge in [-0.05, 0) is 30.3 Å². The molecule has 6 nitrogen and oxygen atoms in total. The second-order valence-corrected chi connectivity index (χ2v) is 6.76. The summed E-state index contributed by atoms with van der Waals surface area (Å²) in [6.07, 6.45) is -4.78. The first-order valence-corrected chi connectivity index (χ1v) is 9.27.